The Balaban J connectivity index is 2.84. The summed E-state index contributed by atoms with van der Waals surface area (Å²) in [4.78, 5) is 14.0. The van der Waals surface area contributed by atoms with Crippen LogP contribution in [0.5, 0.6) is 0 Å². The van der Waals surface area contributed by atoms with Gasteiger partial charge in [-0.25, -0.2) is 9.68 Å². The second-order valence-corrected chi connectivity index (χ2v) is 1.83. The van der Waals surface area contributed by atoms with Gasteiger partial charge in [0.15, 0.2) is 0 Å². The van der Waals surface area contributed by atoms with Crippen molar-refractivity contribution in [3.05, 3.63) is 29.9 Å². The Kier molecular flexibility index (Phi) is 2.18. The van der Waals surface area contributed by atoms with Crippen molar-refractivity contribution in [2.75, 3.05) is 0 Å². The van der Waals surface area contributed by atoms with Gasteiger partial charge >= 0.3 is 0 Å². The number of hydrogen-bond donors (Lipinski definition) is 1. The summed E-state index contributed by atoms with van der Waals surface area (Å²) in [6.07, 6.45) is 5.80. The van der Waals surface area contributed by atoms with E-state index >= 15 is 0 Å². The molecule has 10 heavy (non-hydrogen) atoms. The molecule has 1 aliphatic rings. The summed E-state index contributed by atoms with van der Waals surface area (Å²) < 4.78 is 0. The first-order valence-electron chi connectivity index (χ1n) is 2.78. The molecule has 1 atom stereocenters. The summed E-state index contributed by atoms with van der Waals surface area (Å²) in [6.45, 7) is 0. The van der Waals surface area contributed by atoms with E-state index in [4.69, 9.17) is 5.26 Å². The van der Waals surface area contributed by atoms with Crippen molar-refractivity contribution in [1.82, 2.24) is 0 Å². The molecule has 0 aliphatic heterocycles. The summed E-state index contributed by atoms with van der Waals surface area (Å²) in [7, 11) is 0. The standard InChI is InChI=1S/C7H6O3/c8-5-6-3-1-2-4-7(6)10-9/h1-4,7,9H. The summed E-state index contributed by atoms with van der Waals surface area (Å²) in [5, 5.41) is 8.21. The normalized spacial score (nSPS) is 22.9. The molecular weight excluding hydrogens is 132 g/mol. The van der Waals surface area contributed by atoms with Gasteiger partial charge in [0.2, 0.25) is 0 Å². The molecule has 1 aliphatic carbocycles. The molecule has 0 fully saturated rings. The van der Waals surface area contributed by atoms with Gasteiger partial charge in [-0.1, -0.05) is 12.2 Å². The zero-order chi connectivity index (χ0) is 7.40. The van der Waals surface area contributed by atoms with E-state index in [1.165, 1.54) is 6.08 Å². The molecule has 0 bridgehead atoms. The van der Waals surface area contributed by atoms with Gasteiger partial charge in [-0.2, -0.15) is 0 Å². The highest BCUT2D eigenvalue weighted by molar-refractivity contribution is 5.61. The summed E-state index contributed by atoms with van der Waals surface area (Å²) in [5.74, 6) is 1.65. The van der Waals surface area contributed by atoms with Crippen LogP contribution in [0.4, 0.5) is 0 Å². The van der Waals surface area contributed by atoms with Gasteiger partial charge in [-0.3, -0.25) is 5.26 Å². The van der Waals surface area contributed by atoms with Gasteiger partial charge in [-0.15, -0.1) is 0 Å². The number of carbonyl (C=O) groups excluding carboxylic acids is 1. The van der Waals surface area contributed by atoms with Crippen LogP contribution in [0.2, 0.25) is 0 Å². The quantitative estimate of drug-likeness (QED) is 0.330. The zero-order valence-corrected chi connectivity index (χ0v) is 5.15. The number of allylic oxidation sites excluding steroid dienone is 2. The number of hydrogen-bond acceptors (Lipinski definition) is 3. The van der Waals surface area contributed by atoms with Crippen LogP contribution < -0.4 is 0 Å². The summed E-state index contributed by atoms with van der Waals surface area (Å²) in [5.41, 5.74) is 0.296. The minimum atomic E-state index is -0.650. The molecule has 0 saturated heterocycles. The molecule has 0 saturated carbocycles. The third-order valence-electron chi connectivity index (χ3n) is 1.21. The van der Waals surface area contributed by atoms with Crippen LogP contribution in [0.1, 0.15) is 0 Å². The average molecular weight is 138 g/mol. The Labute approximate surface area is 57.9 Å². The molecule has 0 aromatic rings. The monoisotopic (exact) mass is 138 g/mol. The first-order chi connectivity index (χ1) is 4.88. The third kappa shape index (κ3) is 1.22. The molecule has 0 aromatic carbocycles. The Morgan fingerprint density at radius 2 is 2.40 bits per heavy atom. The van der Waals surface area contributed by atoms with E-state index in [0.29, 0.717) is 5.57 Å². The predicted molar refractivity (Wildman–Crippen MR) is 35.0 cm³/mol. The molecule has 52 valence electrons. The lowest BCUT2D eigenvalue weighted by Gasteiger charge is -2.08. The van der Waals surface area contributed by atoms with Gasteiger partial charge < -0.3 is 0 Å². The third-order valence-corrected chi connectivity index (χ3v) is 1.21. The van der Waals surface area contributed by atoms with E-state index in [-0.39, 0.29) is 0 Å². The van der Waals surface area contributed by atoms with Crippen molar-refractivity contribution in [1.29, 1.82) is 0 Å². The first-order valence-corrected chi connectivity index (χ1v) is 2.78. The molecule has 1 rings (SSSR count). The molecule has 1 unspecified atom stereocenters. The lowest BCUT2D eigenvalue weighted by Crippen LogP contribution is -2.11. The maximum atomic E-state index is 10.1. The van der Waals surface area contributed by atoms with Crippen LogP contribution in [0.15, 0.2) is 29.9 Å². The fraction of sp³-hybridized carbons (Fsp3) is 0.143. The lowest BCUT2D eigenvalue weighted by molar-refractivity contribution is -0.255. The van der Waals surface area contributed by atoms with E-state index in [1.54, 1.807) is 24.2 Å². The Hall–Kier alpha value is -1.15. The summed E-state index contributed by atoms with van der Waals surface area (Å²) in [6, 6.07) is 0. The molecule has 0 amide bonds. The van der Waals surface area contributed by atoms with Crippen LogP contribution in [-0.4, -0.2) is 17.3 Å². The highest BCUT2D eigenvalue weighted by Crippen LogP contribution is 2.10. The largest absolute Gasteiger partial charge is 0.251 e. The Morgan fingerprint density at radius 1 is 1.60 bits per heavy atom. The van der Waals surface area contributed by atoms with Gasteiger partial charge in [0.05, 0.1) is 5.57 Å². The zero-order valence-electron chi connectivity index (χ0n) is 5.15. The van der Waals surface area contributed by atoms with Crippen molar-refractivity contribution < 1.29 is 14.9 Å². The molecule has 0 aromatic heterocycles. The van der Waals surface area contributed by atoms with E-state index in [1.807, 2.05) is 0 Å². The van der Waals surface area contributed by atoms with Crippen molar-refractivity contribution in [3.63, 3.8) is 0 Å². The van der Waals surface area contributed by atoms with E-state index < -0.39 is 6.10 Å². The molecule has 1 N–H and O–H groups in total. The van der Waals surface area contributed by atoms with Crippen LogP contribution in [-0.2, 0) is 9.68 Å². The smallest absolute Gasteiger partial charge is 0.146 e. The van der Waals surface area contributed by atoms with Crippen LogP contribution in [0, 0.1) is 0 Å². The topological polar surface area (TPSA) is 46.5 Å². The van der Waals surface area contributed by atoms with Gasteiger partial charge in [0.25, 0.3) is 0 Å². The molecule has 3 heteroatoms. The molecule has 3 nitrogen and oxygen atoms in total. The fourth-order valence-corrected chi connectivity index (χ4v) is 0.707. The van der Waals surface area contributed by atoms with Crippen molar-refractivity contribution in [3.8, 4) is 0 Å². The van der Waals surface area contributed by atoms with Crippen LogP contribution in [0.3, 0.4) is 0 Å². The molecule has 0 radical (unpaired) electrons. The molecule has 0 spiro atoms. The average Bonchev–Trinajstić information content (AvgIpc) is 2.04. The van der Waals surface area contributed by atoms with E-state index in [2.05, 4.69) is 4.89 Å². The van der Waals surface area contributed by atoms with Crippen molar-refractivity contribution in [2.45, 2.75) is 6.10 Å². The first kappa shape index (κ1) is 6.96. The second-order valence-electron chi connectivity index (χ2n) is 1.83. The van der Waals surface area contributed by atoms with E-state index in [9.17, 15) is 4.79 Å². The van der Waals surface area contributed by atoms with Crippen molar-refractivity contribution in [2.24, 2.45) is 0 Å². The van der Waals surface area contributed by atoms with Crippen LogP contribution >= 0.6 is 0 Å². The lowest BCUT2D eigenvalue weighted by atomic mass is 10.1. The molecular formula is C7H6O3. The number of rotatable bonds is 1. The Morgan fingerprint density at radius 3 is 2.90 bits per heavy atom. The maximum absolute atomic E-state index is 10.1. The molecule has 0 heterocycles. The highest BCUT2D eigenvalue weighted by Gasteiger charge is 2.11. The minimum Gasteiger partial charge on any atom is -0.251 e. The van der Waals surface area contributed by atoms with Crippen LogP contribution in [0.25, 0.3) is 0 Å². The second kappa shape index (κ2) is 3.13. The van der Waals surface area contributed by atoms with Gasteiger partial charge in [0, 0.05) is 0 Å². The predicted octanol–water partition coefficient (Wildman–Crippen LogP) is 0.729. The summed E-state index contributed by atoms with van der Waals surface area (Å²) >= 11 is 0. The maximum Gasteiger partial charge on any atom is 0.146 e. The van der Waals surface area contributed by atoms with Crippen molar-refractivity contribution >= 4 is 5.94 Å². The minimum absolute atomic E-state index is 0.296. The fourth-order valence-electron chi connectivity index (χ4n) is 0.707. The SMILES string of the molecule is O=C=C1C=CC=CC1OO. The van der Waals surface area contributed by atoms with E-state index in [0.717, 1.165) is 0 Å². The highest BCUT2D eigenvalue weighted by atomic mass is 17.1. The van der Waals surface area contributed by atoms with Gasteiger partial charge in [0.1, 0.15) is 12.0 Å². The Bertz CT molecular complexity index is 221. The van der Waals surface area contributed by atoms with Gasteiger partial charge in [-0.05, 0) is 12.2 Å².